The first-order valence-corrected chi connectivity index (χ1v) is 10.4. The molecule has 1 amide bonds. The molecule has 0 saturated carbocycles. The number of hydrogen-bond donors (Lipinski definition) is 1. The highest BCUT2D eigenvalue weighted by molar-refractivity contribution is 5.80. The smallest absolute Gasteiger partial charge is 0.227 e. The molecule has 1 N–H and O–H groups in total. The van der Waals surface area contributed by atoms with Crippen LogP contribution in [0.3, 0.4) is 0 Å². The Labute approximate surface area is 181 Å². The van der Waals surface area contributed by atoms with Gasteiger partial charge in [-0.05, 0) is 30.7 Å². The molecule has 0 spiro atoms. The van der Waals surface area contributed by atoms with Gasteiger partial charge in [0.2, 0.25) is 5.91 Å². The quantitative estimate of drug-likeness (QED) is 0.599. The van der Waals surface area contributed by atoms with Crippen molar-refractivity contribution in [2.75, 3.05) is 26.8 Å². The third-order valence-electron chi connectivity index (χ3n) is 5.58. The maximum absolute atomic E-state index is 13.2. The number of nitrogens with zero attached hydrogens (tertiary/aromatic N) is 2. The van der Waals surface area contributed by atoms with E-state index >= 15 is 0 Å². The van der Waals surface area contributed by atoms with Gasteiger partial charge in [-0.15, -0.1) is 0 Å². The van der Waals surface area contributed by atoms with Crippen molar-refractivity contribution in [2.45, 2.75) is 25.2 Å². The van der Waals surface area contributed by atoms with Crippen molar-refractivity contribution in [3.63, 3.8) is 0 Å². The van der Waals surface area contributed by atoms with E-state index < -0.39 is 0 Å². The molecule has 1 fully saturated rings. The van der Waals surface area contributed by atoms with E-state index in [2.05, 4.69) is 10.2 Å². The van der Waals surface area contributed by atoms with Crippen LogP contribution in [-0.4, -0.2) is 47.8 Å². The van der Waals surface area contributed by atoms with Crippen LogP contribution >= 0.6 is 0 Å². The molecule has 0 radical (unpaired) electrons. The average Bonchev–Trinajstić information content (AvgIpc) is 3.44. The summed E-state index contributed by atoms with van der Waals surface area (Å²) >= 11 is 0. The third-order valence-corrected chi connectivity index (χ3v) is 5.58. The molecular formula is C24H26FN3O3. The molecule has 7 heteroatoms. The first-order chi connectivity index (χ1) is 15.1. The summed E-state index contributed by atoms with van der Waals surface area (Å²) < 4.78 is 24.2. The molecule has 31 heavy (non-hydrogen) atoms. The summed E-state index contributed by atoms with van der Waals surface area (Å²) in [6, 6.07) is 15.8. The van der Waals surface area contributed by atoms with E-state index in [1.54, 1.807) is 19.2 Å². The summed E-state index contributed by atoms with van der Waals surface area (Å²) in [7, 11) is 1.62. The van der Waals surface area contributed by atoms with Crippen LogP contribution < -0.4 is 9.47 Å². The highest BCUT2D eigenvalue weighted by Gasteiger charge is 2.29. The molecule has 1 atom stereocenters. The minimum Gasteiger partial charge on any atom is -0.496 e. The zero-order valence-corrected chi connectivity index (χ0v) is 17.5. The molecule has 1 aliphatic heterocycles. The van der Waals surface area contributed by atoms with Gasteiger partial charge in [0.1, 0.15) is 17.3 Å². The number of hydrogen-bond acceptors (Lipinski definition) is 4. The summed E-state index contributed by atoms with van der Waals surface area (Å²) in [5, 5.41) is 7.50. The van der Waals surface area contributed by atoms with Crippen molar-refractivity contribution in [3.8, 4) is 11.5 Å². The minimum atomic E-state index is -0.313. The van der Waals surface area contributed by atoms with Crippen LogP contribution in [0.5, 0.6) is 11.5 Å². The van der Waals surface area contributed by atoms with Gasteiger partial charge < -0.3 is 14.4 Å². The Bertz CT molecular complexity index is 1040. The molecule has 0 bridgehead atoms. The van der Waals surface area contributed by atoms with Crippen molar-refractivity contribution < 1.29 is 18.7 Å². The number of aromatic amines is 1. The molecule has 1 aliphatic rings. The normalized spacial score (nSPS) is 15.8. The summed E-state index contributed by atoms with van der Waals surface area (Å²) in [6.45, 7) is 1.82. The molecule has 1 saturated heterocycles. The van der Waals surface area contributed by atoms with Gasteiger partial charge >= 0.3 is 0 Å². The number of carbonyl (C=O) groups excluding carboxylic acids is 1. The fraction of sp³-hybridized carbons (Fsp3) is 0.333. The van der Waals surface area contributed by atoms with Crippen LogP contribution in [0.4, 0.5) is 4.39 Å². The molecule has 1 unspecified atom stereocenters. The lowest BCUT2D eigenvalue weighted by Gasteiger charge is -2.17. The van der Waals surface area contributed by atoms with E-state index in [0.29, 0.717) is 31.7 Å². The van der Waals surface area contributed by atoms with Gasteiger partial charge in [0.25, 0.3) is 0 Å². The Kier molecular flexibility index (Phi) is 6.50. The van der Waals surface area contributed by atoms with E-state index in [1.165, 1.54) is 12.1 Å². The third kappa shape index (κ3) is 5.23. The Morgan fingerprint density at radius 2 is 2.10 bits per heavy atom. The lowest BCUT2D eigenvalue weighted by Crippen LogP contribution is -2.30. The van der Waals surface area contributed by atoms with Gasteiger partial charge in [-0.1, -0.05) is 24.3 Å². The lowest BCUT2D eigenvalue weighted by atomic mass is 10.0. The van der Waals surface area contributed by atoms with E-state index in [1.807, 2.05) is 35.2 Å². The first kappa shape index (κ1) is 20.9. The second kappa shape index (κ2) is 9.64. The predicted molar refractivity (Wildman–Crippen MR) is 115 cm³/mol. The Morgan fingerprint density at radius 3 is 2.94 bits per heavy atom. The number of amides is 1. The number of nitrogens with one attached hydrogen (secondary N) is 1. The number of para-hydroxylation sites is 1. The van der Waals surface area contributed by atoms with E-state index in [0.717, 1.165) is 35.7 Å². The molecule has 1 aromatic heterocycles. The molecule has 2 heterocycles. The molecule has 6 nitrogen and oxygen atoms in total. The number of rotatable bonds is 8. The van der Waals surface area contributed by atoms with Gasteiger partial charge in [0, 0.05) is 42.8 Å². The minimum absolute atomic E-state index is 0.103. The molecule has 2 aromatic carbocycles. The molecule has 162 valence electrons. The van der Waals surface area contributed by atoms with Crippen molar-refractivity contribution in [3.05, 3.63) is 77.4 Å². The highest BCUT2D eigenvalue weighted by Crippen LogP contribution is 2.28. The van der Waals surface area contributed by atoms with E-state index in [9.17, 15) is 9.18 Å². The van der Waals surface area contributed by atoms with Gasteiger partial charge in [-0.3, -0.25) is 9.89 Å². The fourth-order valence-electron chi connectivity index (χ4n) is 3.90. The number of carbonyl (C=O) groups is 1. The molecule has 4 rings (SSSR count). The van der Waals surface area contributed by atoms with Crippen LogP contribution in [-0.2, 0) is 17.6 Å². The largest absolute Gasteiger partial charge is 0.496 e. The number of aromatic nitrogens is 2. The monoisotopic (exact) mass is 423 g/mol. The fourth-order valence-corrected chi connectivity index (χ4v) is 3.90. The van der Waals surface area contributed by atoms with Crippen LogP contribution in [0.1, 0.15) is 29.3 Å². The average molecular weight is 423 g/mol. The Morgan fingerprint density at radius 1 is 1.23 bits per heavy atom. The Hall–Kier alpha value is -3.35. The first-order valence-electron chi connectivity index (χ1n) is 10.4. The lowest BCUT2D eigenvalue weighted by molar-refractivity contribution is -0.129. The van der Waals surface area contributed by atoms with Gasteiger partial charge in [0.15, 0.2) is 0 Å². The SMILES string of the molecule is COc1ccccc1CC(=O)N1CCC(c2cc(CCOc3cccc(F)c3)[nH]n2)C1. The second-order valence-electron chi connectivity index (χ2n) is 7.69. The standard InChI is InChI=1S/C24H26FN3O3/c1-30-23-8-3-2-5-17(23)13-24(29)28-11-9-18(16-28)22-15-20(26-27-22)10-12-31-21-7-4-6-19(25)14-21/h2-8,14-15,18H,9-13,16H2,1H3,(H,26,27). The van der Waals surface area contributed by atoms with Crippen molar-refractivity contribution >= 4 is 5.91 Å². The summed E-state index contributed by atoms with van der Waals surface area (Å²) in [6.07, 6.45) is 1.87. The zero-order chi connectivity index (χ0) is 21.6. The van der Waals surface area contributed by atoms with Crippen molar-refractivity contribution in [1.29, 1.82) is 0 Å². The maximum atomic E-state index is 13.2. The van der Waals surface area contributed by atoms with Crippen molar-refractivity contribution in [1.82, 2.24) is 15.1 Å². The van der Waals surface area contributed by atoms with E-state index in [4.69, 9.17) is 9.47 Å². The van der Waals surface area contributed by atoms with Crippen LogP contribution in [0, 0.1) is 5.82 Å². The van der Waals surface area contributed by atoms with Gasteiger partial charge in [-0.2, -0.15) is 5.10 Å². The van der Waals surface area contributed by atoms with Crippen molar-refractivity contribution in [2.24, 2.45) is 0 Å². The van der Waals surface area contributed by atoms with Crippen LogP contribution in [0.25, 0.3) is 0 Å². The number of halogens is 1. The molecule has 3 aromatic rings. The highest BCUT2D eigenvalue weighted by atomic mass is 19.1. The summed E-state index contributed by atoms with van der Waals surface area (Å²) in [4.78, 5) is 14.7. The molecular weight excluding hydrogens is 397 g/mol. The Balaban J connectivity index is 1.28. The number of methoxy groups -OCH3 is 1. The number of ether oxygens (including phenoxy) is 2. The maximum Gasteiger partial charge on any atom is 0.227 e. The number of likely N-dealkylation sites (tertiary alicyclic amines) is 1. The topological polar surface area (TPSA) is 67.4 Å². The number of H-pyrrole nitrogens is 1. The predicted octanol–water partition coefficient (Wildman–Crippen LogP) is 3.74. The molecule has 0 aliphatic carbocycles. The van der Waals surface area contributed by atoms with Gasteiger partial charge in [-0.25, -0.2) is 4.39 Å². The van der Waals surface area contributed by atoms with Crippen LogP contribution in [0.2, 0.25) is 0 Å². The van der Waals surface area contributed by atoms with E-state index in [-0.39, 0.29) is 17.6 Å². The van der Waals surface area contributed by atoms with Gasteiger partial charge in [0.05, 0.1) is 25.8 Å². The second-order valence-corrected chi connectivity index (χ2v) is 7.69. The summed E-state index contributed by atoms with van der Waals surface area (Å²) in [5.74, 6) is 1.26. The summed E-state index contributed by atoms with van der Waals surface area (Å²) in [5.41, 5.74) is 2.83. The number of benzene rings is 2. The zero-order valence-electron chi connectivity index (χ0n) is 17.5. The van der Waals surface area contributed by atoms with Crippen LogP contribution in [0.15, 0.2) is 54.6 Å².